The number of aliphatic imine (C=N–C) groups is 1. The number of aromatic nitrogens is 2. The molecule has 5 heteroatoms. The Hall–Kier alpha value is -7.08. The van der Waals surface area contributed by atoms with E-state index in [1.54, 1.807) is 0 Å². The minimum Gasteiger partial charge on any atom is -0.339 e. The molecule has 57 heavy (non-hydrogen) atoms. The zero-order chi connectivity index (χ0) is 37.5. The Morgan fingerprint density at radius 3 is 1.91 bits per heavy atom. The molecule has 0 amide bonds. The predicted molar refractivity (Wildman–Crippen MR) is 242 cm³/mol. The van der Waals surface area contributed by atoms with Crippen LogP contribution in [0, 0.1) is 0 Å². The molecule has 0 saturated heterocycles. The zero-order valence-corrected chi connectivity index (χ0v) is 31.6. The summed E-state index contributed by atoms with van der Waals surface area (Å²) in [4.78, 5) is 6.75. The fraction of sp³-hybridized carbons (Fsp3) is 0.0192. The molecule has 1 N–H and O–H groups in total. The summed E-state index contributed by atoms with van der Waals surface area (Å²) in [5, 5.41) is 11.3. The lowest BCUT2D eigenvalue weighted by molar-refractivity contribution is 0.892. The quantitative estimate of drug-likeness (QED) is 0.195. The summed E-state index contributed by atoms with van der Waals surface area (Å²) in [5.74, 6) is 0.828. The molecule has 12 rings (SSSR count). The largest absolute Gasteiger partial charge is 0.339 e. The van der Waals surface area contributed by atoms with Gasteiger partial charge in [-0.05, 0) is 76.0 Å². The maximum absolute atomic E-state index is 5.51. The van der Waals surface area contributed by atoms with Crippen molar-refractivity contribution in [1.82, 2.24) is 14.5 Å². The van der Waals surface area contributed by atoms with Crippen LogP contribution in [-0.2, 0) is 0 Å². The molecule has 2 aromatic heterocycles. The van der Waals surface area contributed by atoms with Crippen molar-refractivity contribution >= 4 is 82.7 Å². The zero-order valence-electron chi connectivity index (χ0n) is 30.8. The number of nitrogens with zero attached hydrogens (tertiary/aromatic N) is 3. The summed E-state index contributed by atoms with van der Waals surface area (Å²) in [7, 11) is 0. The highest BCUT2D eigenvalue weighted by atomic mass is 32.2. The molecule has 0 spiro atoms. The van der Waals surface area contributed by atoms with Crippen molar-refractivity contribution < 1.29 is 0 Å². The van der Waals surface area contributed by atoms with Gasteiger partial charge in [-0.3, -0.25) is 4.57 Å². The van der Waals surface area contributed by atoms with E-state index in [4.69, 9.17) is 4.99 Å². The van der Waals surface area contributed by atoms with Crippen molar-refractivity contribution in [3.05, 3.63) is 211 Å². The average molecular weight is 747 g/mol. The van der Waals surface area contributed by atoms with Gasteiger partial charge in [0.1, 0.15) is 5.37 Å². The van der Waals surface area contributed by atoms with Gasteiger partial charge in [0.15, 0.2) is 0 Å². The van der Waals surface area contributed by atoms with Crippen molar-refractivity contribution in [3.63, 3.8) is 0 Å². The van der Waals surface area contributed by atoms with E-state index in [-0.39, 0.29) is 5.37 Å². The van der Waals surface area contributed by atoms with Gasteiger partial charge in [-0.2, -0.15) is 0 Å². The van der Waals surface area contributed by atoms with Crippen LogP contribution >= 0.6 is 11.8 Å². The maximum Gasteiger partial charge on any atom is 0.209 e. The van der Waals surface area contributed by atoms with Gasteiger partial charge in [-0.1, -0.05) is 157 Å². The van der Waals surface area contributed by atoms with E-state index in [1.165, 1.54) is 70.5 Å². The van der Waals surface area contributed by atoms with Crippen molar-refractivity contribution in [1.29, 1.82) is 0 Å². The molecule has 1 atom stereocenters. The van der Waals surface area contributed by atoms with Crippen molar-refractivity contribution in [2.24, 2.45) is 4.99 Å². The summed E-state index contributed by atoms with van der Waals surface area (Å²) in [6.45, 7) is 0. The topological polar surface area (TPSA) is 34.2 Å². The van der Waals surface area contributed by atoms with Crippen molar-refractivity contribution in [2.75, 3.05) is 0 Å². The summed E-state index contributed by atoms with van der Waals surface area (Å²) < 4.78 is 4.74. The first-order valence-electron chi connectivity index (χ1n) is 19.4. The minimum absolute atomic E-state index is 0.0123. The number of rotatable bonds is 4. The number of benzene rings is 8. The van der Waals surface area contributed by atoms with E-state index in [9.17, 15) is 0 Å². The van der Waals surface area contributed by atoms with E-state index < -0.39 is 0 Å². The predicted octanol–water partition coefficient (Wildman–Crippen LogP) is 13.0. The van der Waals surface area contributed by atoms with Gasteiger partial charge in [0.05, 0.1) is 27.8 Å². The van der Waals surface area contributed by atoms with Gasteiger partial charge >= 0.3 is 0 Å². The highest BCUT2D eigenvalue weighted by Crippen LogP contribution is 2.46. The SMILES string of the molecule is C1=C(c2ccccc2)SC2NC(n3c4ccc(-c5ccc6c7ccccc7n(-c7ccccc7)c6c5)cc4c4c5ccccc5ccc43)=NC(c3ccccc3)=C12. The van der Waals surface area contributed by atoms with E-state index in [0.29, 0.717) is 0 Å². The first-order chi connectivity index (χ1) is 28.3. The summed E-state index contributed by atoms with van der Waals surface area (Å²) in [6.07, 6.45) is 2.32. The Bertz CT molecular complexity index is 3330. The monoisotopic (exact) mass is 746 g/mol. The smallest absolute Gasteiger partial charge is 0.209 e. The van der Waals surface area contributed by atoms with Crippen LogP contribution in [0.4, 0.5) is 0 Å². The molecule has 0 fully saturated rings. The Balaban J connectivity index is 1.07. The second-order valence-electron chi connectivity index (χ2n) is 14.8. The minimum atomic E-state index is 0.0123. The molecule has 0 aliphatic carbocycles. The number of thioether (sulfide) groups is 1. The van der Waals surface area contributed by atoms with Crippen LogP contribution in [0.25, 0.3) is 81.8 Å². The molecule has 268 valence electrons. The molecule has 4 nitrogen and oxygen atoms in total. The van der Waals surface area contributed by atoms with Gasteiger partial charge in [0.2, 0.25) is 5.96 Å². The number of hydrogen-bond acceptors (Lipinski definition) is 3. The highest BCUT2D eigenvalue weighted by molar-refractivity contribution is 8.09. The number of hydrogen-bond donors (Lipinski definition) is 1. The van der Waals surface area contributed by atoms with Gasteiger partial charge < -0.3 is 9.88 Å². The lowest BCUT2D eigenvalue weighted by atomic mass is 9.99. The lowest BCUT2D eigenvalue weighted by Crippen LogP contribution is -2.39. The van der Waals surface area contributed by atoms with E-state index in [1.807, 2.05) is 11.8 Å². The second kappa shape index (κ2) is 12.7. The molecule has 0 bridgehead atoms. The normalized spacial score (nSPS) is 15.4. The van der Waals surface area contributed by atoms with Crippen LogP contribution in [0.15, 0.2) is 205 Å². The molecular formula is C52H34N4S. The van der Waals surface area contributed by atoms with Crippen LogP contribution in [0.5, 0.6) is 0 Å². The van der Waals surface area contributed by atoms with Crippen molar-refractivity contribution in [2.45, 2.75) is 5.37 Å². The summed E-state index contributed by atoms with van der Waals surface area (Å²) in [6, 6.07) is 67.8. The third kappa shape index (κ3) is 5.06. The fourth-order valence-corrected chi connectivity index (χ4v) is 10.2. The maximum atomic E-state index is 5.51. The Morgan fingerprint density at radius 2 is 1.09 bits per heavy atom. The number of nitrogens with one attached hydrogen (secondary N) is 1. The summed E-state index contributed by atoms with van der Waals surface area (Å²) in [5.41, 5.74) is 12.7. The molecule has 0 saturated carbocycles. The molecule has 2 aliphatic rings. The molecule has 4 heterocycles. The molecule has 10 aromatic rings. The number of fused-ring (bicyclic) bond motifs is 9. The third-order valence-electron chi connectivity index (χ3n) is 11.6. The molecule has 0 radical (unpaired) electrons. The first kappa shape index (κ1) is 32.2. The Kier molecular flexibility index (Phi) is 7.19. The van der Waals surface area contributed by atoms with Gasteiger partial charge in [0.25, 0.3) is 0 Å². The molecule has 1 unspecified atom stereocenters. The average Bonchev–Trinajstić information content (AvgIpc) is 3.97. The van der Waals surface area contributed by atoms with Gasteiger partial charge in [-0.25, -0.2) is 4.99 Å². The third-order valence-corrected chi connectivity index (χ3v) is 12.8. The lowest BCUT2D eigenvalue weighted by Gasteiger charge is -2.26. The van der Waals surface area contributed by atoms with E-state index >= 15 is 0 Å². The van der Waals surface area contributed by atoms with Crippen LogP contribution in [0.1, 0.15) is 11.1 Å². The number of para-hydroxylation sites is 2. The van der Waals surface area contributed by atoms with Crippen LogP contribution in [0.3, 0.4) is 0 Å². The highest BCUT2D eigenvalue weighted by Gasteiger charge is 2.33. The fourth-order valence-electron chi connectivity index (χ4n) is 8.96. The van der Waals surface area contributed by atoms with Crippen LogP contribution in [-0.4, -0.2) is 20.5 Å². The van der Waals surface area contributed by atoms with Gasteiger partial charge in [-0.15, -0.1) is 0 Å². The van der Waals surface area contributed by atoms with E-state index in [2.05, 4.69) is 209 Å². The molecule has 8 aromatic carbocycles. The molecular weight excluding hydrogens is 713 g/mol. The van der Waals surface area contributed by atoms with Crippen molar-refractivity contribution in [3.8, 4) is 16.8 Å². The standard InChI is InChI=1S/C52H34N4S/c1-4-15-34(16-5-1)48-32-43-50(35-17-6-2-7-18-35)53-52(54-51(43)57-48)56-45-28-26-36(30-42(45)49-39-21-11-10-14-33(39)25-29-46(49)56)37-24-27-41-40-22-12-13-23-44(40)55(47(41)31-37)38-19-8-3-9-20-38/h1-32,51H,(H,53,54). The van der Waals surface area contributed by atoms with E-state index in [0.717, 1.165) is 33.9 Å². The van der Waals surface area contributed by atoms with Crippen LogP contribution < -0.4 is 5.32 Å². The second-order valence-corrected chi connectivity index (χ2v) is 15.9. The molecule has 2 aliphatic heterocycles. The summed E-state index contributed by atoms with van der Waals surface area (Å²) >= 11 is 1.86. The Morgan fingerprint density at radius 1 is 0.456 bits per heavy atom. The first-order valence-corrected chi connectivity index (χ1v) is 20.3. The van der Waals surface area contributed by atoms with Gasteiger partial charge in [0, 0.05) is 43.3 Å². The Labute approximate surface area is 333 Å². The van der Waals surface area contributed by atoms with Crippen LogP contribution in [0.2, 0.25) is 0 Å².